The molecule has 0 atom stereocenters. The van der Waals surface area contributed by atoms with Crippen molar-refractivity contribution in [3.8, 4) is 5.75 Å². The van der Waals surface area contributed by atoms with E-state index in [1.165, 1.54) is 11.8 Å². The van der Waals surface area contributed by atoms with Gasteiger partial charge in [-0.15, -0.1) is 0 Å². The summed E-state index contributed by atoms with van der Waals surface area (Å²) in [5, 5.41) is 3.50. The zero-order chi connectivity index (χ0) is 19.9. The fourth-order valence-corrected chi connectivity index (χ4v) is 3.44. The van der Waals surface area contributed by atoms with Gasteiger partial charge in [-0.05, 0) is 48.5 Å². The Bertz CT molecular complexity index is 993. The first-order chi connectivity index (χ1) is 13.5. The maximum Gasteiger partial charge on any atom is 0.262 e. The summed E-state index contributed by atoms with van der Waals surface area (Å²) in [4.78, 5) is 25.6. The van der Waals surface area contributed by atoms with Crippen LogP contribution in [0.4, 0.5) is 5.69 Å². The van der Waals surface area contributed by atoms with Crippen LogP contribution in [-0.2, 0) is 4.79 Å². The minimum absolute atomic E-state index is 0.231. The second kappa shape index (κ2) is 9.30. The standard InChI is InChI=1S/C21H17ClN2O3S/c22-14-9-11-15(12-10-14)28-19-8-4-2-6-17(19)24-20(25)13-27-18-7-3-1-5-16(18)21(23)26/h1-12H,13H2,(H2,23,26)(H,24,25). The topological polar surface area (TPSA) is 81.4 Å². The maximum absolute atomic E-state index is 12.3. The van der Waals surface area contributed by atoms with Crippen LogP contribution in [0.3, 0.4) is 0 Å². The highest BCUT2D eigenvalue weighted by Crippen LogP contribution is 2.33. The summed E-state index contributed by atoms with van der Waals surface area (Å²) < 4.78 is 5.47. The van der Waals surface area contributed by atoms with Gasteiger partial charge in [0, 0.05) is 14.8 Å². The number of carbonyl (C=O) groups excluding carboxylic acids is 2. The highest BCUT2D eigenvalue weighted by Gasteiger charge is 2.12. The van der Waals surface area contributed by atoms with Gasteiger partial charge in [0.05, 0.1) is 11.3 Å². The van der Waals surface area contributed by atoms with Crippen molar-refractivity contribution in [2.75, 3.05) is 11.9 Å². The molecule has 3 aromatic carbocycles. The number of anilines is 1. The Morgan fingerprint density at radius 2 is 1.64 bits per heavy atom. The summed E-state index contributed by atoms with van der Waals surface area (Å²) in [6.07, 6.45) is 0. The molecule has 0 radical (unpaired) electrons. The van der Waals surface area contributed by atoms with E-state index in [1.54, 1.807) is 24.3 Å². The normalized spacial score (nSPS) is 10.3. The Labute approximate surface area is 171 Å². The molecule has 3 rings (SSSR count). The van der Waals surface area contributed by atoms with Crippen molar-refractivity contribution in [2.45, 2.75) is 9.79 Å². The summed E-state index contributed by atoms with van der Waals surface area (Å²) in [6.45, 7) is -0.246. The Hall–Kier alpha value is -2.96. The van der Waals surface area contributed by atoms with Crippen LogP contribution in [0.5, 0.6) is 5.75 Å². The van der Waals surface area contributed by atoms with Crippen LogP contribution in [0.15, 0.2) is 82.6 Å². The molecule has 3 aromatic rings. The Kier molecular flexibility index (Phi) is 6.57. The van der Waals surface area contributed by atoms with Gasteiger partial charge >= 0.3 is 0 Å². The van der Waals surface area contributed by atoms with Crippen LogP contribution in [0, 0.1) is 0 Å². The Balaban J connectivity index is 1.66. The van der Waals surface area contributed by atoms with Gasteiger partial charge in [-0.25, -0.2) is 0 Å². The molecular formula is C21H17ClN2O3S. The summed E-state index contributed by atoms with van der Waals surface area (Å²) in [6, 6.07) is 21.4. The lowest BCUT2D eigenvalue weighted by atomic mass is 10.2. The number of carbonyl (C=O) groups is 2. The smallest absolute Gasteiger partial charge is 0.262 e. The van der Waals surface area contributed by atoms with E-state index >= 15 is 0 Å². The second-order valence-corrected chi connectivity index (χ2v) is 7.30. The molecule has 0 aliphatic heterocycles. The lowest BCUT2D eigenvalue weighted by molar-refractivity contribution is -0.118. The number of halogens is 1. The van der Waals surface area contributed by atoms with Crippen LogP contribution < -0.4 is 15.8 Å². The molecule has 0 heterocycles. The van der Waals surface area contributed by atoms with E-state index in [4.69, 9.17) is 22.1 Å². The summed E-state index contributed by atoms with van der Waals surface area (Å²) >= 11 is 7.43. The van der Waals surface area contributed by atoms with Gasteiger partial charge in [0.25, 0.3) is 11.8 Å². The van der Waals surface area contributed by atoms with Gasteiger partial charge in [0.1, 0.15) is 5.75 Å². The van der Waals surface area contributed by atoms with Gasteiger partial charge in [-0.3, -0.25) is 9.59 Å². The van der Waals surface area contributed by atoms with E-state index in [-0.39, 0.29) is 23.8 Å². The third-order valence-electron chi connectivity index (χ3n) is 3.71. The molecule has 0 unspecified atom stereocenters. The van der Waals surface area contributed by atoms with Gasteiger partial charge in [-0.1, -0.05) is 47.6 Å². The zero-order valence-electron chi connectivity index (χ0n) is 14.7. The Morgan fingerprint density at radius 3 is 2.39 bits per heavy atom. The van der Waals surface area contributed by atoms with Crippen molar-refractivity contribution in [3.63, 3.8) is 0 Å². The molecule has 3 N–H and O–H groups in total. The molecule has 5 nitrogen and oxygen atoms in total. The lowest BCUT2D eigenvalue weighted by Crippen LogP contribution is -2.22. The summed E-state index contributed by atoms with van der Waals surface area (Å²) in [5.74, 6) is -0.682. The maximum atomic E-state index is 12.3. The molecule has 7 heteroatoms. The molecule has 142 valence electrons. The quantitative estimate of drug-likeness (QED) is 0.593. The molecule has 0 spiro atoms. The number of amides is 2. The molecule has 0 aliphatic carbocycles. The number of rotatable bonds is 7. The zero-order valence-corrected chi connectivity index (χ0v) is 16.3. The minimum Gasteiger partial charge on any atom is -0.483 e. The fraction of sp³-hybridized carbons (Fsp3) is 0.0476. The molecule has 2 amide bonds. The average molecular weight is 413 g/mol. The van der Waals surface area contributed by atoms with Crippen molar-refractivity contribution in [3.05, 3.63) is 83.4 Å². The first kappa shape index (κ1) is 19.8. The number of hydrogen-bond acceptors (Lipinski definition) is 4. The van der Waals surface area contributed by atoms with Crippen LogP contribution in [0.25, 0.3) is 0 Å². The SMILES string of the molecule is NC(=O)c1ccccc1OCC(=O)Nc1ccccc1Sc1ccc(Cl)cc1. The third kappa shape index (κ3) is 5.28. The molecule has 0 fully saturated rings. The molecule has 0 aromatic heterocycles. The monoisotopic (exact) mass is 412 g/mol. The van der Waals surface area contributed by atoms with Crippen molar-refractivity contribution in [2.24, 2.45) is 5.73 Å². The number of hydrogen-bond donors (Lipinski definition) is 2. The van der Waals surface area contributed by atoms with Crippen LogP contribution in [0.2, 0.25) is 5.02 Å². The summed E-state index contributed by atoms with van der Waals surface area (Å²) in [7, 11) is 0. The number of primary amides is 1. The Morgan fingerprint density at radius 1 is 0.964 bits per heavy atom. The van der Waals surface area contributed by atoms with E-state index in [1.807, 2.05) is 48.5 Å². The summed E-state index contributed by atoms with van der Waals surface area (Å²) in [5.41, 5.74) is 6.21. The third-order valence-corrected chi connectivity index (χ3v) is 5.05. The molecule has 0 saturated heterocycles. The van der Waals surface area contributed by atoms with Crippen LogP contribution in [0.1, 0.15) is 10.4 Å². The molecule has 0 aliphatic rings. The van der Waals surface area contributed by atoms with Crippen LogP contribution in [-0.4, -0.2) is 18.4 Å². The van der Waals surface area contributed by atoms with Crippen LogP contribution >= 0.6 is 23.4 Å². The van der Waals surface area contributed by atoms with Gasteiger partial charge < -0.3 is 15.8 Å². The van der Waals surface area contributed by atoms with Gasteiger partial charge in [0.15, 0.2) is 6.61 Å². The number of ether oxygens (including phenoxy) is 1. The number of nitrogens with two attached hydrogens (primary N) is 1. The van der Waals surface area contributed by atoms with Crippen molar-refractivity contribution in [1.82, 2.24) is 0 Å². The highest BCUT2D eigenvalue weighted by atomic mass is 35.5. The van der Waals surface area contributed by atoms with Crippen molar-refractivity contribution in [1.29, 1.82) is 0 Å². The average Bonchev–Trinajstić information content (AvgIpc) is 2.70. The van der Waals surface area contributed by atoms with E-state index in [0.717, 1.165) is 9.79 Å². The lowest BCUT2D eigenvalue weighted by Gasteiger charge is -2.12. The highest BCUT2D eigenvalue weighted by molar-refractivity contribution is 7.99. The first-order valence-electron chi connectivity index (χ1n) is 8.37. The number of nitrogens with one attached hydrogen (secondary N) is 1. The number of para-hydroxylation sites is 2. The molecule has 0 bridgehead atoms. The fourth-order valence-electron chi connectivity index (χ4n) is 2.41. The molecule has 0 saturated carbocycles. The van der Waals surface area contributed by atoms with Crippen molar-refractivity contribution < 1.29 is 14.3 Å². The predicted octanol–water partition coefficient (Wildman–Crippen LogP) is 4.61. The first-order valence-corrected chi connectivity index (χ1v) is 9.56. The molecular weight excluding hydrogens is 396 g/mol. The van der Waals surface area contributed by atoms with E-state index in [9.17, 15) is 9.59 Å². The van der Waals surface area contributed by atoms with Gasteiger partial charge in [0.2, 0.25) is 0 Å². The second-order valence-electron chi connectivity index (χ2n) is 5.75. The molecule has 28 heavy (non-hydrogen) atoms. The van der Waals surface area contributed by atoms with Crippen molar-refractivity contribution >= 4 is 40.9 Å². The van der Waals surface area contributed by atoms with Gasteiger partial charge in [-0.2, -0.15) is 0 Å². The minimum atomic E-state index is -0.610. The predicted molar refractivity (Wildman–Crippen MR) is 111 cm³/mol. The van der Waals surface area contributed by atoms with E-state index < -0.39 is 5.91 Å². The van der Waals surface area contributed by atoms with E-state index in [2.05, 4.69) is 5.32 Å². The van der Waals surface area contributed by atoms with E-state index in [0.29, 0.717) is 10.7 Å². The number of benzene rings is 3. The largest absolute Gasteiger partial charge is 0.483 e.